The standard InChI is InChI=1S/C13H19N3O3/c14-9-11(8-10-4-2-1-3-5-10)12(17)16-6-7-19-13(15)18/h1-5,11H,6-9,14H2,(H2,15,18)(H,16,17). The number of ether oxygens (including phenoxy) is 1. The van der Waals surface area contributed by atoms with Gasteiger partial charge in [0.15, 0.2) is 0 Å². The maximum absolute atomic E-state index is 11.9. The molecule has 2 amide bonds. The van der Waals surface area contributed by atoms with E-state index in [2.05, 4.69) is 10.1 Å². The number of hydrogen-bond donors (Lipinski definition) is 3. The zero-order valence-electron chi connectivity index (χ0n) is 10.7. The molecule has 0 saturated heterocycles. The molecule has 0 radical (unpaired) electrons. The number of rotatable bonds is 7. The van der Waals surface area contributed by atoms with Gasteiger partial charge in [0.25, 0.3) is 0 Å². The molecule has 0 aliphatic carbocycles. The van der Waals surface area contributed by atoms with Crippen LogP contribution in [0.2, 0.25) is 0 Å². The van der Waals surface area contributed by atoms with Crippen LogP contribution in [-0.4, -0.2) is 31.7 Å². The molecule has 0 fully saturated rings. The summed E-state index contributed by atoms with van der Waals surface area (Å²) in [5.74, 6) is -0.449. The van der Waals surface area contributed by atoms with Crippen molar-refractivity contribution < 1.29 is 14.3 Å². The minimum atomic E-state index is -0.853. The lowest BCUT2D eigenvalue weighted by Crippen LogP contribution is -2.38. The van der Waals surface area contributed by atoms with Gasteiger partial charge in [0.05, 0.1) is 12.5 Å². The zero-order chi connectivity index (χ0) is 14.1. The first-order valence-electron chi connectivity index (χ1n) is 6.07. The Hall–Kier alpha value is -2.08. The van der Waals surface area contributed by atoms with Crippen molar-refractivity contribution in [2.24, 2.45) is 17.4 Å². The summed E-state index contributed by atoms with van der Waals surface area (Å²) < 4.78 is 4.52. The Morgan fingerprint density at radius 1 is 1.26 bits per heavy atom. The molecule has 0 spiro atoms. The Morgan fingerprint density at radius 2 is 1.95 bits per heavy atom. The van der Waals surface area contributed by atoms with E-state index in [1.807, 2.05) is 30.3 Å². The highest BCUT2D eigenvalue weighted by Gasteiger charge is 2.16. The van der Waals surface area contributed by atoms with Crippen LogP contribution < -0.4 is 16.8 Å². The van der Waals surface area contributed by atoms with E-state index in [1.54, 1.807) is 0 Å². The van der Waals surface area contributed by atoms with E-state index >= 15 is 0 Å². The fourth-order valence-electron chi connectivity index (χ4n) is 1.65. The molecule has 6 heteroatoms. The lowest BCUT2D eigenvalue weighted by Gasteiger charge is -2.14. The summed E-state index contributed by atoms with van der Waals surface area (Å²) in [6.45, 7) is 0.550. The van der Waals surface area contributed by atoms with Gasteiger partial charge in [-0.3, -0.25) is 4.79 Å². The van der Waals surface area contributed by atoms with Crippen molar-refractivity contribution in [2.75, 3.05) is 19.7 Å². The van der Waals surface area contributed by atoms with Gasteiger partial charge in [-0.15, -0.1) is 0 Å². The molecule has 0 heterocycles. The van der Waals surface area contributed by atoms with Gasteiger partial charge in [-0.25, -0.2) is 4.79 Å². The van der Waals surface area contributed by atoms with Crippen molar-refractivity contribution >= 4 is 12.0 Å². The summed E-state index contributed by atoms with van der Waals surface area (Å²) >= 11 is 0. The number of benzene rings is 1. The van der Waals surface area contributed by atoms with E-state index in [9.17, 15) is 9.59 Å². The molecule has 5 N–H and O–H groups in total. The third-order valence-electron chi connectivity index (χ3n) is 2.63. The molecule has 1 rings (SSSR count). The lowest BCUT2D eigenvalue weighted by molar-refractivity contribution is -0.124. The molecule has 19 heavy (non-hydrogen) atoms. The highest BCUT2D eigenvalue weighted by atomic mass is 16.5. The van der Waals surface area contributed by atoms with Gasteiger partial charge in [0.2, 0.25) is 5.91 Å². The Morgan fingerprint density at radius 3 is 2.53 bits per heavy atom. The molecule has 0 aliphatic heterocycles. The molecule has 0 bridgehead atoms. The van der Waals surface area contributed by atoms with Gasteiger partial charge in [-0.1, -0.05) is 30.3 Å². The number of nitrogens with two attached hydrogens (primary N) is 2. The van der Waals surface area contributed by atoms with Crippen LogP contribution in [0.3, 0.4) is 0 Å². The van der Waals surface area contributed by atoms with Crippen LogP contribution >= 0.6 is 0 Å². The van der Waals surface area contributed by atoms with Crippen LogP contribution in [0.1, 0.15) is 5.56 Å². The Kier molecular flexibility index (Phi) is 6.38. The number of hydrogen-bond acceptors (Lipinski definition) is 4. The first kappa shape index (κ1) is 15.0. The van der Waals surface area contributed by atoms with Crippen molar-refractivity contribution in [1.82, 2.24) is 5.32 Å². The van der Waals surface area contributed by atoms with E-state index in [0.29, 0.717) is 6.42 Å². The first-order chi connectivity index (χ1) is 9.13. The maximum atomic E-state index is 11.9. The van der Waals surface area contributed by atoms with Crippen LogP contribution in [0, 0.1) is 5.92 Å². The van der Waals surface area contributed by atoms with E-state index < -0.39 is 6.09 Å². The maximum Gasteiger partial charge on any atom is 0.404 e. The second-order valence-electron chi connectivity index (χ2n) is 4.08. The van der Waals surface area contributed by atoms with Crippen molar-refractivity contribution in [1.29, 1.82) is 0 Å². The molecule has 0 saturated carbocycles. The molecule has 1 aromatic carbocycles. The number of carbonyl (C=O) groups is 2. The van der Waals surface area contributed by atoms with Crippen molar-refractivity contribution in [2.45, 2.75) is 6.42 Å². The van der Waals surface area contributed by atoms with Gasteiger partial charge in [0, 0.05) is 6.54 Å². The summed E-state index contributed by atoms with van der Waals surface area (Å²) in [6.07, 6.45) is -0.270. The van der Waals surface area contributed by atoms with Crippen molar-refractivity contribution in [3.8, 4) is 0 Å². The quantitative estimate of drug-likeness (QED) is 0.604. The molecule has 0 aromatic heterocycles. The molecule has 1 atom stereocenters. The molecule has 104 valence electrons. The number of nitrogens with one attached hydrogen (secondary N) is 1. The Labute approximate surface area is 112 Å². The molecular formula is C13H19N3O3. The van der Waals surface area contributed by atoms with Crippen LogP contribution in [0.4, 0.5) is 4.79 Å². The third-order valence-corrected chi connectivity index (χ3v) is 2.63. The highest BCUT2D eigenvalue weighted by Crippen LogP contribution is 2.07. The van der Waals surface area contributed by atoms with Crippen LogP contribution in [-0.2, 0) is 16.0 Å². The lowest BCUT2D eigenvalue weighted by atomic mass is 9.98. The average molecular weight is 265 g/mol. The van der Waals surface area contributed by atoms with Crippen molar-refractivity contribution in [3.63, 3.8) is 0 Å². The largest absolute Gasteiger partial charge is 0.448 e. The van der Waals surface area contributed by atoms with E-state index in [-0.39, 0.29) is 31.5 Å². The number of primary amides is 1. The first-order valence-corrected chi connectivity index (χ1v) is 6.07. The van der Waals surface area contributed by atoms with E-state index in [1.165, 1.54) is 0 Å². The van der Waals surface area contributed by atoms with Crippen molar-refractivity contribution in [3.05, 3.63) is 35.9 Å². The summed E-state index contributed by atoms with van der Waals surface area (Å²) in [4.78, 5) is 22.2. The minimum absolute atomic E-state index is 0.0592. The van der Waals surface area contributed by atoms with Gasteiger partial charge in [-0.2, -0.15) is 0 Å². The minimum Gasteiger partial charge on any atom is -0.448 e. The summed E-state index contributed by atoms with van der Waals surface area (Å²) in [5, 5.41) is 2.66. The van der Waals surface area contributed by atoms with Crippen LogP contribution in [0.5, 0.6) is 0 Å². The molecule has 1 aromatic rings. The second-order valence-corrected chi connectivity index (χ2v) is 4.08. The predicted molar refractivity (Wildman–Crippen MR) is 71.2 cm³/mol. The summed E-state index contributed by atoms with van der Waals surface area (Å²) in [6, 6.07) is 9.66. The van der Waals surface area contributed by atoms with Gasteiger partial charge in [0.1, 0.15) is 6.61 Å². The smallest absolute Gasteiger partial charge is 0.404 e. The monoisotopic (exact) mass is 265 g/mol. The fraction of sp³-hybridized carbons (Fsp3) is 0.385. The van der Waals surface area contributed by atoms with E-state index in [4.69, 9.17) is 11.5 Å². The normalized spacial score (nSPS) is 11.6. The van der Waals surface area contributed by atoms with Crippen LogP contribution in [0.25, 0.3) is 0 Å². The predicted octanol–water partition coefficient (Wildman–Crippen LogP) is 0.0155. The van der Waals surface area contributed by atoms with Gasteiger partial charge >= 0.3 is 6.09 Å². The molecule has 0 aliphatic rings. The zero-order valence-corrected chi connectivity index (χ0v) is 10.7. The topological polar surface area (TPSA) is 107 Å². The van der Waals surface area contributed by atoms with Gasteiger partial charge in [-0.05, 0) is 12.0 Å². The SMILES string of the molecule is NCC(Cc1ccccc1)C(=O)NCCOC(N)=O. The summed E-state index contributed by atoms with van der Waals surface area (Å²) in [5.41, 5.74) is 11.5. The number of amides is 2. The third kappa shape index (κ3) is 5.87. The Balaban J connectivity index is 2.37. The van der Waals surface area contributed by atoms with Crippen LogP contribution in [0.15, 0.2) is 30.3 Å². The summed E-state index contributed by atoms with van der Waals surface area (Å²) in [7, 11) is 0. The molecule has 1 unspecified atom stereocenters. The van der Waals surface area contributed by atoms with Gasteiger partial charge < -0.3 is 21.5 Å². The number of carbonyl (C=O) groups excluding carboxylic acids is 2. The average Bonchev–Trinajstić information content (AvgIpc) is 2.41. The molecule has 6 nitrogen and oxygen atoms in total. The molecular weight excluding hydrogens is 246 g/mol. The highest BCUT2D eigenvalue weighted by molar-refractivity contribution is 5.79. The fourth-order valence-corrected chi connectivity index (χ4v) is 1.65. The second kappa shape index (κ2) is 8.10. The Bertz CT molecular complexity index is 409. The van der Waals surface area contributed by atoms with E-state index in [0.717, 1.165) is 5.56 Å².